The Kier molecular flexibility index (Phi) is 6.11. The average Bonchev–Trinajstić information content (AvgIpc) is 2.57. The van der Waals surface area contributed by atoms with E-state index in [1.54, 1.807) is 13.0 Å². The van der Waals surface area contributed by atoms with Crippen molar-refractivity contribution in [3.8, 4) is 0 Å². The lowest BCUT2D eigenvalue weighted by molar-refractivity contribution is -0.128. The lowest BCUT2D eigenvalue weighted by atomic mass is 9.86. The van der Waals surface area contributed by atoms with Gasteiger partial charge >= 0.3 is 0 Å². The van der Waals surface area contributed by atoms with Crippen LogP contribution in [0.3, 0.4) is 0 Å². The van der Waals surface area contributed by atoms with Crippen LogP contribution < -0.4 is 16.4 Å². The van der Waals surface area contributed by atoms with Gasteiger partial charge in [-0.15, -0.1) is 0 Å². The van der Waals surface area contributed by atoms with Crippen LogP contribution in [0.15, 0.2) is 41.8 Å². The lowest BCUT2D eigenvalue weighted by Crippen LogP contribution is -2.54. The first-order valence-corrected chi connectivity index (χ1v) is 8.25. The van der Waals surface area contributed by atoms with Gasteiger partial charge in [-0.1, -0.05) is 24.4 Å². The van der Waals surface area contributed by atoms with Crippen LogP contribution in [0.25, 0.3) is 0 Å². The Labute approximate surface area is 151 Å². The van der Waals surface area contributed by atoms with Crippen molar-refractivity contribution in [2.45, 2.75) is 32.2 Å². The molecule has 8 heteroatoms. The van der Waals surface area contributed by atoms with E-state index in [-0.39, 0.29) is 18.3 Å². The molecule has 2 amide bonds. The van der Waals surface area contributed by atoms with Crippen molar-refractivity contribution in [2.75, 3.05) is 11.9 Å². The van der Waals surface area contributed by atoms with E-state index >= 15 is 0 Å². The van der Waals surface area contributed by atoms with Crippen molar-refractivity contribution in [1.82, 2.24) is 15.3 Å². The topological polar surface area (TPSA) is 110 Å². The quantitative estimate of drug-likeness (QED) is 0.660. The number of amides is 2. The second-order valence-corrected chi connectivity index (χ2v) is 6.49. The number of hydrogen-bond acceptors (Lipinski definition) is 6. The molecule has 0 saturated carbocycles. The number of rotatable bonds is 6. The van der Waals surface area contributed by atoms with Gasteiger partial charge in [0.15, 0.2) is 0 Å². The second kappa shape index (κ2) is 8.09. The highest BCUT2D eigenvalue weighted by Gasteiger charge is 2.36. The van der Waals surface area contributed by atoms with Crippen LogP contribution in [0, 0.1) is 0 Å². The Morgan fingerprint density at radius 1 is 1.36 bits per heavy atom. The summed E-state index contributed by atoms with van der Waals surface area (Å²) in [6.07, 6.45) is 7.76. The molecule has 0 aromatic carbocycles. The van der Waals surface area contributed by atoms with Gasteiger partial charge in [0.1, 0.15) is 5.54 Å². The maximum atomic E-state index is 12.8. The molecule has 1 aromatic rings. The molecule has 0 bridgehead atoms. The van der Waals surface area contributed by atoms with E-state index < -0.39 is 11.4 Å². The monoisotopic (exact) mass is 359 g/mol. The molecule has 1 aromatic heterocycles. The Balaban J connectivity index is 2.26. The zero-order valence-corrected chi connectivity index (χ0v) is 15.0. The zero-order valence-electron chi connectivity index (χ0n) is 14.2. The Bertz CT molecular complexity index is 745. The smallest absolute Gasteiger partial charge is 0.252 e. The van der Waals surface area contributed by atoms with Crippen LogP contribution in [0.2, 0.25) is 0 Å². The first-order chi connectivity index (χ1) is 11.8. The summed E-state index contributed by atoms with van der Waals surface area (Å²) >= 11 is 5.40. The van der Waals surface area contributed by atoms with Crippen molar-refractivity contribution in [3.63, 3.8) is 0 Å². The average molecular weight is 359 g/mol. The molecule has 2 rings (SSSR count). The van der Waals surface area contributed by atoms with E-state index in [0.29, 0.717) is 13.0 Å². The third kappa shape index (κ3) is 5.01. The van der Waals surface area contributed by atoms with Crippen LogP contribution in [0.4, 0.5) is 5.95 Å². The molecule has 0 fully saturated rings. The van der Waals surface area contributed by atoms with Crippen LogP contribution in [0.5, 0.6) is 0 Å². The number of anilines is 1. The highest BCUT2D eigenvalue weighted by molar-refractivity contribution is 7.80. The maximum Gasteiger partial charge on any atom is 0.252 e. The van der Waals surface area contributed by atoms with Crippen molar-refractivity contribution in [3.05, 3.63) is 41.8 Å². The number of carbonyl (C=O) groups excluding carboxylic acids is 2. The summed E-state index contributed by atoms with van der Waals surface area (Å²) in [6.45, 7) is 3.41. The predicted octanol–water partition coefficient (Wildman–Crippen LogP) is 1.29. The molecule has 1 aliphatic rings. The molecule has 1 heterocycles. The van der Waals surface area contributed by atoms with Gasteiger partial charge in [0.2, 0.25) is 11.9 Å². The number of carbonyl (C=O) groups is 2. The van der Waals surface area contributed by atoms with Gasteiger partial charge in [-0.3, -0.25) is 14.9 Å². The van der Waals surface area contributed by atoms with E-state index in [2.05, 4.69) is 20.6 Å². The van der Waals surface area contributed by atoms with Crippen LogP contribution in [-0.2, 0) is 9.59 Å². The van der Waals surface area contributed by atoms with Crippen molar-refractivity contribution in [2.24, 2.45) is 5.73 Å². The van der Waals surface area contributed by atoms with Gasteiger partial charge in [-0.2, -0.15) is 0 Å². The minimum absolute atomic E-state index is 0.173. The first kappa shape index (κ1) is 18.9. The highest BCUT2D eigenvalue weighted by atomic mass is 32.1. The first-order valence-electron chi connectivity index (χ1n) is 7.84. The molecule has 132 valence electrons. The van der Waals surface area contributed by atoms with E-state index in [0.717, 1.165) is 16.0 Å². The predicted molar refractivity (Wildman–Crippen MR) is 99.9 cm³/mol. The summed E-state index contributed by atoms with van der Waals surface area (Å²) < 4.78 is 0. The zero-order chi connectivity index (χ0) is 18.4. The van der Waals surface area contributed by atoms with Gasteiger partial charge in [0.05, 0.1) is 0 Å². The van der Waals surface area contributed by atoms with E-state index in [1.807, 2.05) is 12.2 Å². The molecule has 0 radical (unpaired) electrons. The molecule has 4 N–H and O–H groups in total. The summed E-state index contributed by atoms with van der Waals surface area (Å²) in [7, 11) is 0. The van der Waals surface area contributed by atoms with Crippen molar-refractivity contribution in [1.29, 1.82) is 0 Å². The summed E-state index contributed by atoms with van der Waals surface area (Å²) in [5.41, 5.74) is 6.28. The molecule has 1 unspecified atom stereocenters. The molecule has 0 saturated heterocycles. The van der Waals surface area contributed by atoms with Gasteiger partial charge < -0.3 is 11.1 Å². The third-order valence-corrected chi connectivity index (χ3v) is 4.22. The SMILES string of the molecule is CC(=O)NC(C)(CC1=CC(CN)=CCC1=S)C(=O)Nc1ncccn1. The van der Waals surface area contributed by atoms with Crippen LogP contribution in [-0.4, -0.2) is 38.7 Å². The summed E-state index contributed by atoms with van der Waals surface area (Å²) in [6, 6.07) is 1.65. The maximum absolute atomic E-state index is 12.8. The van der Waals surface area contributed by atoms with Gasteiger partial charge in [0.25, 0.3) is 5.91 Å². The minimum atomic E-state index is -1.20. The van der Waals surface area contributed by atoms with Gasteiger partial charge in [0, 0.05) is 43.6 Å². The molecule has 7 nitrogen and oxygen atoms in total. The molecule has 25 heavy (non-hydrogen) atoms. The number of hydrogen-bond donors (Lipinski definition) is 3. The lowest BCUT2D eigenvalue weighted by Gasteiger charge is -2.30. The Morgan fingerprint density at radius 3 is 2.64 bits per heavy atom. The Morgan fingerprint density at radius 2 is 2.04 bits per heavy atom. The van der Waals surface area contributed by atoms with Gasteiger partial charge in [-0.05, 0) is 24.1 Å². The fraction of sp³-hybridized carbons (Fsp3) is 0.353. The van der Waals surface area contributed by atoms with Crippen LogP contribution >= 0.6 is 12.2 Å². The second-order valence-electron chi connectivity index (χ2n) is 6.00. The molecule has 1 atom stereocenters. The van der Waals surface area contributed by atoms with E-state index in [4.69, 9.17) is 18.0 Å². The number of nitrogens with one attached hydrogen (secondary N) is 2. The van der Waals surface area contributed by atoms with Crippen molar-refractivity contribution >= 4 is 34.8 Å². The van der Waals surface area contributed by atoms with Gasteiger partial charge in [-0.25, -0.2) is 9.97 Å². The summed E-state index contributed by atoms with van der Waals surface area (Å²) in [5.74, 6) is -0.558. The molecular formula is C17H21N5O2S. The third-order valence-electron chi connectivity index (χ3n) is 3.79. The standard InChI is InChI=1S/C17H21N5O2S/c1-11(23)22-17(2,15(24)21-16-19-6-3-7-20-16)9-13-8-12(10-18)4-5-14(13)25/h3-4,6-8H,5,9-10,18H2,1-2H3,(H,22,23)(H,19,20,21,24). The fourth-order valence-electron chi connectivity index (χ4n) is 2.56. The van der Waals surface area contributed by atoms with E-state index in [9.17, 15) is 9.59 Å². The molecule has 0 spiro atoms. The Hall–Kier alpha value is -2.45. The number of nitrogens with two attached hydrogens (primary N) is 1. The highest BCUT2D eigenvalue weighted by Crippen LogP contribution is 2.25. The molecular weight excluding hydrogens is 338 g/mol. The summed E-state index contributed by atoms with van der Waals surface area (Å²) in [5, 5.41) is 5.35. The number of nitrogens with zero attached hydrogens (tertiary/aromatic N) is 2. The van der Waals surface area contributed by atoms with Crippen molar-refractivity contribution < 1.29 is 9.59 Å². The normalized spacial score (nSPS) is 16.4. The van der Waals surface area contributed by atoms with Crippen LogP contribution in [0.1, 0.15) is 26.7 Å². The fourth-order valence-corrected chi connectivity index (χ4v) is 2.78. The van der Waals surface area contributed by atoms with E-state index in [1.165, 1.54) is 19.3 Å². The molecule has 0 aliphatic heterocycles. The largest absolute Gasteiger partial charge is 0.342 e. The number of allylic oxidation sites excluding steroid dienone is 1. The number of thiocarbonyl (C=S) groups is 1. The summed E-state index contributed by atoms with van der Waals surface area (Å²) in [4.78, 5) is 33.1. The minimum Gasteiger partial charge on any atom is -0.342 e. The molecule has 1 aliphatic carbocycles. The number of aromatic nitrogens is 2.